The molecule has 0 aliphatic carbocycles. The lowest BCUT2D eigenvalue weighted by atomic mass is 9.79. The maximum Gasteiger partial charge on any atom is 0.307 e. The summed E-state index contributed by atoms with van der Waals surface area (Å²) in [5.74, 6) is -1.90. The molecule has 0 amide bonds. The number of aromatic nitrogens is 4. The van der Waals surface area contributed by atoms with Crippen LogP contribution in [0.25, 0.3) is 0 Å². The lowest BCUT2D eigenvalue weighted by Crippen LogP contribution is -2.29. The predicted molar refractivity (Wildman–Crippen MR) is 93.2 cm³/mol. The van der Waals surface area contributed by atoms with Crippen LogP contribution in [0.4, 0.5) is 4.39 Å². The van der Waals surface area contributed by atoms with Crippen LogP contribution in [0, 0.1) is 17.7 Å². The number of hydrogen-bond acceptors (Lipinski definition) is 5. The van der Waals surface area contributed by atoms with Gasteiger partial charge in [0.15, 0.2) is 5.82 Å². The molecular formula is C18H24FN5O2. The number of aliphatic carboxylic acids is 1. The van der Waals surface area contributed by atoms with Gasteiger partial charge in [-0.15, -0.1) is 10.2 Å². The van der Waals surface area contributed by atoms with Gasteiger partial charge >= 0.3 is 5.97 Å². The van der Waals surface area contributed by atoms with Crippen LogP contribution in [0.2, 0.25) is 0 Å². The third-order valence-corrected chi connectivity index (χ3v) is 5.15. The van der Waals surface area contributed by atoms with Gasteiger partial charge < -0.3 is 10.4 Å². The Morgan fingerprint density at radius 1 is 1.42 bits per heavy atom. The smallest absolute Gasteiger partial charge is 0.307 e. The summed E-state index contributed by atoms with van der Waals surface area (Å²) in [4.78, 5) is 11.8. The largest absolute Gasteiger partial charge is 0.481 e. The normalized spacial score (nSPS) is 19.6. The number of aromatic amines is 1. The molecular weight excluding hydrogens is 337 g/mol. The summed E-state index contributed by atoms with van der Waals surface area (Å²) >= 11 is 0. The molecule has 1 aliphatic heterocycles. The Kier molecular flexibility index (Phi) is 5.61. The highest BCUT2D eigenvalue weighted by Gasteiger charge is 2.35. The van der Waals surface area contributed by atoms with Gasteiger partial charge in [0.25, 0.3) is 0 Å². The van der Waals surface area contributed by atoms with Crippen molar-refractivity contribution in [1.82, 2.24) is 25.9 Å². The van der Waals surface area contributed by atoms with Crippen LogP contribution < -0.4 is 5.32 Å². The van der Waals surface area contributed by atoms with Crippen LogP contribution in [0.15, 0.2) is 18.2 Å². The molecule has 1 saturated heterocycles. The number of carboxylic acid groups (broad SMARTS) is 1. The highest BCUT2D eigenvalue weighted by molar-refractivity contribution is 5.71. The zero-order chi connectivity index (χ0) is 18.7. The lowest BCUT2D eigenvalue weighted by molar-refractivity contribution is -0.144. The predicted octanol–water partition coefficient (Wildman–Crippen LogP) is 2.10. The minimum absolute atomic E-state index is 0.121. The second-order valence-electron chi connectivity index (χ2n) is 7.23. The summed E-state index contributed by atoms with van der Waals surface area (Å²) in [7, 11) is 0. The molecule has 0 radical (unpaired) electrons. The van der Waals surface area contributed by atoms with Crippen molar-refractivity contribution in [2.24, 2.45) is 11.8 Å². The van der Waals surface area contributed by atoms with Crippen molar-refractivity contribution < 1.29 is 14.3 Å². The average molecular weight is 361 g/mol. The first-order chi connectivity index (χ1) is 12.5. The van der Waals surface area contributed by atoms with Crippen molar-refractivity contribution >= 4 is 5.97 Å². The van der Waals surface area contributed by atoms with Crippen LogP contribution in [-0.2, 0) is 11.2 Å². The van der Waals surface area contributed by atoms with E-state index >= 15 is 0 Å². The zero-order valence-corrected chi connectivity index (χ0v) is 14.9. The van der Waals surface area contributed by atoms with Crippen LogP contribution in [0.3, 0.4) is 0 Å². The second-order valence-corrected chi connectivity index (χ2v) is 7.23. The molecule has 26 heavy (non-hydrogen) atoms. The maximum atomic E-state index is 14.6. The molecule has 2 aromatic rings. The molecule has 0 spiro atoms. The molecule has 2 heterocycles. The van der Waals surface area contributed by atoms with E-state index in [2.05, 4.69) is 25.9 Å². The fourth-order valence-electron chi connectivity index (χ4n) is 3.83. The molecule has 3 rings (SSSR count). The van der Waals surface area contributed by atoms with E-state index in [0.717, 1.165) is 25.1 Å². The Morgan fingerprint density at radius 2 is 2.23 bits per heavy atom. The summed E-state index contributed by atoms with van der Waals surface area (Å²) in [5.41, 5.74) is 1.45. The van der Waals surface area contributed by atoms with Gasteiger partial charge in [-0.05, 0) is 42.5 Å². The van der Waals surface area contributed by atoms with E-state index in [-0.39, 0.29) is 17.7 Å². The maximum absolute atomic E-state index is 14.6. The van der Waals surface area contributed by atoms with Gasteiger partial charge in [0.2, 0.25) is 0 Å². The molecule has 3 unspecified atom stereocenters. The number of H-pyrrole nitrogens is 1. The first-order valence-corrected chi connectivity index (χ1v) is 8.92. The van der Waals surface area contributed by atoms with Crippen molar-refractivity contribution in [3.05, 3.63) is 41.0 Å². The average Bonchev–Trinajstić information content (AvgIpc) is 3.27. The third kappa shape index (κ3) is 3.90. The van der Waals surface area contributed by atoms with E-state index in [1.807, 2.05) is 26.0 Å². The summed E-state index contributed by atoms with van der Waals surface area (Å²) in [6.45, 7) is 5.39. The fourth-order valence-corrected chi connectivity index (χ4v) is 3.83. The van der Waals surface area contributed by atoms with Crippen LogP contribution in [0.5, 0.6) is 0 Å². The minimum atomic E-state index is -0.913. The standard InChI is InChI=1S/C18H24FN5O2/c1-10(2)16(18(25)26)14(17-21-23-24-22-17)7-11-3-4-13(15(19)8-11)12-5-6-20-9-12/h3-4,8,10,12,14,16,20H,5-7,9H2,1-2H3,(H,25,26)(H,21,22,23,24). The van der Waals surface area contributed by atoms with Gasteiger partial charge in [-0.3, -0.25) is 4.79 Å². The molecule has 3 N–H and O–H groups in total. The van der Waals surface area contributed by atoms with E-state index in [0.29, 0.717) is 17.8 Å². The molecule has 1 aromatic carbocycles. The highest BCUT2D eigenvalue weighted by Crippen LogP contribution is 2.33. The van der Waals surface area contributed by atoms with Crippen LogP contribution in [0.1, 0.15) is 49.1 Å². The second kappa shape index (κ2) is 7.90. The Bertz CT molecular complexity index is 744. The molecule has 3 atom stereocenters. The Balaban J connectivity index is 1.87. The van der Waals surface area contributed by atoms with E-state index < -0.39 is 17.8 Å². The van der Waals surface area contributed by atoms with Crippen LogP contribution in [-0.4, -0.2) is 44.8 Å². The van der Waals surface area contributed by atoms with Gasteiger partial charge in [0, 0.05) is 18.4 Å². The monoisotopic (exact) mass is 361 g/mol. The number of hydrogen-bond donors (Lipinski definition) is 3. The quantitative estimate of drug-likeness (QED) is 0.698. The van der Waals surface area contributed by atoms with E-state index in [1.165, 1.54) is 6.07 Å². The number of carbonyl (C=O) groups is 1. The van der Waals surface area contributed by atoms with Crippen molar-refractivity contribution in [3.8, 4) is 0 Å². The zero-order valence-electron chi connectivity index (χ0n) is 14.9. The van der Waals surface area contributed by atoms with Crippen molar-refractivity contribution in [2.75, 3.05) is 13.1 Å². The highest BCUT2D eigenvalue weighted by atomic mass is 19.1. The summed E-state index contributed by atoms with van der Waals surface area (Å²) in [6.07, 6.45) is 1.27. The Morgan fingerprint density at radius 3 is 2.77 bits per heavy atom. The van der Waals surface area contributed by atoms with Crippen LogP contribution >= 0.6 is 0 Å². The number of tetrazole rings is 1. The van der Waals surface area contributed by atoms with E-state index in [9.17, 15) is 14.3 Å². The molecule has 7 nitrogen and oxygen atoms in total. The van der Waals surface area contributed by atoms with Crippen molar-refractivity contribution in [3.63, 3.8) is 0 Å². The molecule has 0 bridgehead atoms. The molecule has 0 saturated carbocycles. The van der Waals surface area contributed by atoms with Crippen molar-refractivity contribution in [2.45, 2.75) is 38.5 Å². The number of benzene rings is 1. The summed E-state index contributed by atoms with van der Waals surface area (Å²) in [6, 6.07) is 5.21. The number of nitrogens with one attached hydrogen (secondary N) is 2. The van der Waals surface area contributed by atoms with Crippen molar-refractivity contribution in [1.29, 1.82) is 0 Å². The third-order valence-electron chi connectivity index (χ3n) is 5.15. The summed E-state index contributed by atoms with van der Waals surface area (Å²) in [5, 5.41) is 26.8. The van der Waals surface area contributed by atoms with Gasteiger partial charge in [0.05, 0.1) is 5.92 Å². The number of rotatable bonds is 7. The topological polar surface area (TPSA) is 104 Å². The number of nitrogens with zero attached hydrogens (tertiary/aromatic N) is 3. The summed E-state index contributed by atoms with van der Waals surface area (Å²) < 4.78 is 14.6. The molecule has 1 fully saturated rings. The Hall–Kier alpha value is -2.35. The lowest BCUT2D eigenvalue weighted by Gasteiger charge is -2.24. The number of halogens is 1. The van der Waals surface area contributed by atoms with E-state index in [4.69, 9.17) is 0 Å². The molecule has 1 aliphatic rings. The van der Waals surface area contributed by atoms with Gasteiger partial charge in [-0.25, -0.2) is 4.39 Å². The number of carboxylic acids is 1. The Labute approximate surface area is 151 Å². The molecule has 140 valence electrons. The van der Waals surface area contributed by atoms with E-state index in [1.54, 1.807) is 0 Å². The first kappa shape index (κ1) is 18.4. The molecule has 1 aromatic heterocycles. The SMILES string of the molecule is CC(C)C(C(=O)O)C(Cc1ccc(C2CCNC2)c(F)c1)c1nn[nH]n1. The van der Waals surface area contributed by atoms with Gasteiger partial charge in [-0.1, -0.05) is 31.2 Å². The fraction of sp³-hybridized carbons (Fsp3) is 0.556. The first-order valence-electron chi connectivity index (χ1n) is 8.92. The van der Waals surface area contributed by atoms with Gasteiger partial charge in [0.1, 0.15) is 5.82 Å². The van der Waals surface area contributed by atoms with Gasteiger partial charge in [-0.2, -0.15) is 5.21 Å². The molecule has 8 heteroatoms. The minimum Gasteiger partial charge on any atom is -0.481 e.